The number of hydrogen-bond acceptors (Lipinski definition) is 3. The molecule has 0 aliphatic heterocycles. The van der Waals surface area contributed by atoms with Crippen LogP contribution in [0.3, 0.4) is 0 Å². The molecule has 0 bridgehead atoms. The molecule has 0 unspecified atom stereocenters. The van der Waals surface area contributed by atoms with Gasteiger partial charge in [-0.25, -0.2) is 9.97 Å². The third-order valence-corrected chi connectivity index (χ3v) is 3.36. The van der Waals surface area contributed by atoms with Crippen LogP contribution in [0.1, 0.15) is 22.9 Å². The molecular formula is C18H17N3. The second kappa shape index (κ2) is 6.18. The third kappa shape index (κ3) is 3.26. The highest BCUT2D eigenvalue weighted by Crippen LogP contribution is 2.25. The summed E-state index contributed by atoms with van der Waals surface area (Å²) in [6, 6.07) is 22.8. The lowest BCUT2D eigenvalue weighted by atomic mass is 9.99. The van der Waals surface area contributed by atoms with Crippen molar-refractivity contribution in [2.45, 2.75) is 13.0 Å². The first-order chi connectivity index (χ1) is 10.3. The van der Waals surface area contributed by atoms with E-state index in [0.29, 0.717) is 0 Å². The van der Waals surface area contributed by atoms with E-state index < -0.39 is 0 Å². The smallest absolute Gasteiger partial charge is 0.130 e. The quantitative estimate of drug-likeness (QED) is 0.782. The molecule has 3 heteroatoms. The van der Waals surface area contributed by atoms with Gasteiger partial charge in [0, 0.05) is 11.8 Å². The average Bonchev–Trinajstić information content (AvgIpc) is 2.54. The lowest BCUT2D eigenvalue weighted by Gasteiger charge is -2.20. The molecule has 0 aliphatic carbocycles. The van der Waals surface area contributed by atoms with Crippen LogP contribution in [0.25, 0.3) is 0 Å². The zero-order chi connectivity index (χ0) is 14.5. The van der Waals surface area contributed by atoms with Crippen molar-refractivity contribution in [2.24, 2.45) is 0 Å². The van der Waals surface area contributed by atoms with Crippen LogP contribution in [0.5, 0.6) is 0 Å². The highest BCUT2D eigenvalue weighted by molar-refractivity contribution is 5.44. The van der Waals surface area contributed by atoms with Crippen LogP contribution in [0, 0.1) is 6.92 Å². The normalized spacial score (nSPS) is 10.6. The van der Waals surface area contributed by atoms with Gasteiger partial charge in [-0.2, -0.15) is 0 Å². The number of aryl methyl sites for hydroxylation is 1. The molecule has 0 atom stereocenters. The van der Waals surface area contributed by atoms with Gasteiger partial charge in [0.1, 0.15) is 12.1 Å². The number of nitrogens with one attached hydrogen (secondary N) is 1. The van der Waals surface area contributed by atoms with Gasteiger partial charge in [-0.3, -0.25) is 0 Å². The summed E-state index contributed by atoms with van der Waals surface area (Å²) in [5.41, 5.74) is 3.37. The second-order valence-electron chi connectivity index (χ2n) is 4.94. The fourth-order valence-electron chi connectivity index (χ4n) is 2.33. The molecule has 1 heterocycles. The number of nitrogens with zero attached hydrogens (tertiary/aromatic N) is 2. The fourth-order valence-corrected chi connectivity index (χ4v) is 2.33. The van der Waals surface area contributed by atoms with Crippen molar-refractivity contribution >= 4 is 5.82 Å². The minimum Gasteiger partial charge on any atom is -0.359 e. The van der Waals surface area contributed by atoms with Crippen LogP contribution < -0.4 is 5.32 Å². The van der Waals surface area contributed by atoms with Crippen LogP contribution >= 0.6 is 0 Å². The third-order valence-electron chi connectivity index (χ3n) is 3.36. The molecule has 2 aromatic carbocycles. The van der Waals surface area contributed by atoms with E-state index in [2.05, 4.69) is 63.8 Å². The molecule has 0 fully saturated rings. The Kier molecular flexibility index (Phi) is 3.92. The van der Waals surface area contributed by atoms with E-state index in [4.69, 9.17) is 0 Å². The van der Waals surface area contributed by atoms with Crippen molar-refractivity contribution in [3.05, 3.63) is 89.9 Å². The van der Waals surface area contributed by atoms with Gasteiger partial charge in [-0.05, 0) is 18.1 Å². The number of aromatic nitrogens is 2. The maximum atomic E-state index is 4.31. The van der Waals surface area contributed by atoms with Gasteiger partial charge in [0.05, 0.1) is 6.04 Å². The van der Waals surface area contributed by atoms with Crippen molar-refractivity contribution in [3.63, 3.8) is 0 Å². The summed E-state index contributed by atoms with van der Waals surface area (Å²) in [4.78, 5) is 8.45. The summed E-state index contributed by atoms with van der Waals surface area (Å²) in [5.74, 6) is 0.834. The molecule has 104 valence electrons. The van der Waals surface area contributed by atoms with Gasteiger partial charge in [0.25, 0.3) is 0 Å². The van der Waals surface area contributed by atoms with E-state index in [-0.39, 0.29) is 6.04 Å². The fraction of sp³-hybridized carbons (Fsp3) is 0.111. The van der Waals surface area contributed by atoms with Gasteiger partial charge in [-0.1, -0.05) is 60.7 Å². The van der Waals surface area contributed by atoms with Gasteiger partial charge in [-0.15, -0.1) is 0 Å². The van der Waals surface area contributed by atoms with Crippen LogP contribution in [0.15, 0.2) is 73.1 Å². The van der Waals surface area contributed by atoms with Crippen LogP contribution in [-0.2, 0) is 0 Å². The molecule has 1 N–H and O–H groups in total. The molecule has 3 rings (SSSR count). The topological polar surface area (TPSA) is 37.8 Å². The Morgan fingerprint density at radius 1 is 0.810 bits per heavy atom. The molecule has 3 nitrogen and oxygen atoms in total. The molecule has 0 spiro atoms. The number of benzene rings is 2. The predicted molar refractivity (Wildman–Crippen MR) is 85.1 cm³/mol. The number of anilines is 1. The Labute approximate surface area is 124 Å². The lowest BCUT2D eigenvalue weighted by molar-refractivity contribution is 0.919. The van der Waals surface area contributed by atoms with Crippen molar-refractivity contribution in [2.75, 3.05) is 5.32 Å². The van der Waals surface area contributed by atoms with E-state index in [1.165, 1.54) is 11.1 Å². The zero-order valence-electron chi connectivity index (χ0n) is 11.9. The molecule has 0 aliphatic rings. The molecular weight excluding hydrogens is 258 g/mol. The predicted octanol–water partition coefficient (Wildman–Crippen LogP) is 3.99. The maximum Gasteiger partial charge on any atom is 0.130 e. The summed E-state index contributed by atoms with van der Waals surface area (Å²) in [6.45, 7) is 1.97. The van der Waals surface area contributed by atoms with E-state index in [9.17, 15) is 0 Å². The van der Waals surface area contributed by atoms with Crippen molar-refractivity contribution in [1.29, 1.82) is 0 Å². The molecule has 0 saturated heterocycles. The Bertz CT molecular complexity index is 656. The molecule has 21 heavy (non-hydrogen) atoms. The first kappa shape index (κ1) is 13.3. The van der Waals surface area contributed by atoms with Gasteiger partial charge in [0.15, 0.2) is 0 Å². The van der Waals surface area contributed by atoms with E-state index >= 15 is 0 Å². The summed E-state index contributed by atoms with van der Waals surface area (Å²) >= 11 is 0. The average molecular weight is 275 g/mol. The maximum absolute atomic E-state index is 4.31. The van der Waals surface area contributed by atoms with E-state index in [1.54, 1.807) is 6.33 Å². The minimum absolute atomic E-state index is 0.0710. The lowest BCUT2D eigenvalue weighted by Crippen LogP contribution is -2.13. The van der Waals surface area contributed by atoms with Crippen LogP contribution in [-0.4, -0.2) is 9.97 Å². The van der Waals surface area contributed by atoms with Gasteiger partial charge < -0.3 is 5.32 Å². The van der Waals surface area contributed by atoms with Crippen LogP contribution in [0.2, 0.25) is 0 Å². The molecule has 0 amide bonds. The molecule has 1 aromatic heterocycles. The molecule has 0 saturated carbocycles. The summed E-state index contributed by atoms with van der Waals surface area (Å²) < 4.78 is 0. The molecule has 3 aromatic rings. The number of hydrogen-bond donors (Lipinski definition) is 1. The highest BCUT2D eigenvalue weighted by Gasteiger charge is 2.14. The second-order valence-corrected chi connectivity index (χ2v) is 4.94. The largest absolute Gasteiger partial charge is 0.359 e. The standard InChI is InChI=1S/C18H17N3/c1-14-12-17(20-13-19-14)21-18(15-8-4-2-5-9-15)16-10-6-3-7-11-16/h2-13,18H,1H3,(H,19,20,21). The Balaban J connectivity index is 1.97. The first-order valence-electron chi connectivity index (χ1n) is 6.98. The van der Waals surface area contributed by atoms with Crippen molar-refractivity contribution in [3.8, 4) is 0 Å². The number of rotatable bonds is 4. The highest BCUT2D eigenvalue weighted by atomic mass is 15.0. The summed E-state index contributed by atoms with van der Waals surface area (Å²) in [6.07, 6.45) is 1.59. The SMILES string of the molecule is Cc1cc(NC(c2ccccc2)c2ccccc2)ncn1. The zero-order valence-corrected chi connectivity index (χ0v) is 11.9. The van der Waals surface area contributed by atoms with Crippen molar-refractivity contribution < 1.29 is 0 Å². The Morgan fingerprint density at radius 3 is 1.90 bits per heavy atom. The van der Waals surface area contributed by atoms with E-state index in [1.807, 2.05) is 25.1 Å². The van der Waals surface area contributed by atoms with Crippen LogP contribution in [0.4, 0.5) is 5.82 Å². The minimum atomic E-state index is 0.0710. The van der Waals surface area contributed by atoms with Gasteiger partial charge in [0.2, 0.25) is 0 Å². The Morgan fingerprint density at radius 2 is 1.38 bits per heavy atom. The summed E-state index contributed by atoms with van der Waals surface area (Å²) in [7, 11) is 0. The summed E-state index contributed by atoms with van der Waals surface area (Å²) in [5, 5.41) is 3.50. The monoisotopic (exact) mass is 275 g/mol. The van der Waals surface area contributed by atoms with Crippen molar-refractivity contribution in [1.82, 2.24) is 9.97 Å². The first-order valence-corrected chi connectivity index (χ1v) is 6.98. The van der Waals surface area contributed by atoms with Gasteiger partial charge >= 0.3 is 0 Å². The Hall–Kier alpha value is -2.68. The molecule has 0 radical (unpaired) electrons. The van der Waals surface area contributed by atoms with E-state index in [0.717, 1.165) is 11.5 Å².